The maximum absolute atomic E-state index is 11.8. The molecule has 2 heterocycles. The van der Waals surface area contributed by atoms with E-state index in [0.717, 1.165) is 31.6 Å². The molecule has 1 aliphatic rings. The molecule has 8 nitrogen and oxygen atoms in total. The Bertz CT molecular complexity index is 879. The Balaban J connectivity index is 2.21. The molecule has 2 aromatic rings. The third-order valence-corrected chi connectivity index (χ3v) is 4.79. The minimum absolute atomic E-state index is 0.0223. The second kappa shape index (κ2) is 8.33. The van der Waals surface area contributed by atoms with Crippen molar-refractivity contribution in [2.45, 2.75) is 26.2 Å². The predicted molar refractivity (Wildman–Crippen MR) is 105 cm³/mol. The number of hydrogen-bond donors (Lipinski definition) is 1. The van der Waals surface area contributed by atoms with Crippen molar-refractivity contribution in [2.24, 2.45) is 0 Å². The Morgan fingerprint density at radius 1 is 0.964 bits per heavy atom. The Kier molecular flexibility index (Phi) is 5.87. The minimum atomic E-state index is -1.12. The van der Waals surface area contributed by atoms with Crippen LogP contribution in [0.15, 0.2) is 12.1 Å². The molecule has 1 fully saturated rings. The van der Waals surface area contributed by atoms with E-state index in [0.29, 0.717) is 23.0 Å². The fourth-order valence-electron chi connectivity index (χ4n) is 3.49. The normalized spacial score (nSPS) is 13.9. The number of nitrogens with zero attached hydrogens (tertiary/aromatic N) is 3. The number of aromatic nitrogens is 2. The van der Waals surface area contributed by atoms with Gasteiger partial charge in [-0.1, -0.05) is 0 Å². The number of carbonyl (C=O) groups is 1. The van der Waals surface area contributed by atoms with Crippen LogP contribution in [0.1, 0.15) is 35.3 Å². The number of hydrogen-bond acceptors (Lipinski definition) is 7. The van der Waals surface area contributed by atoms with Gasteiger partial charge in [0, 0.05) is 24.3 Å². The molecule has 1 aromatic carbocycles. The minimum Gasteiger partial charge on any atom is -0.492 e. The molecule has 0 atom stereocenters. The number of carboxylic acids is 1. The molecule has 3 rings (SSSR count). The molecular weight excluding hydrogens is 362 g/mol. The Morgan fingerprint density at radius 3 is 2.18 bits per heavy atom. The first-order valence-corrected chi connectivity index (χ1v) is 9.17. The molecule has 0 aliphatic carbocycles. The Morgan fingerprint density at radius 2 is 1.61 bits per heavy atom. The van der Waals surface area contributed by atoms with Crippen molar-refractivity contribution >= 4 is 11.9 Å². The largest absolute Gasteiger partial charge is 0.492 e. The maximum Gasteiger partial charge on any atom is 0.339 e. The summed E-state index contributed by atoms with van der Waals surface area (Å²) in [4.78, 5) is 23.2. The Hall–Kier alpha value is -3.03. The summed E-state index contributed by atoms with van der Waals surface area (Å²) in [6.45, 7) is 3.71. The number of aryl methyl sites for hydroxylation is 1. The highest BCUT2D eigenvalue weighted by Crippen LogP contribution is 2.46. The summed E-state index contributed by atoms with van der Waals surface area (Å²) in [5.74, 6) is 0.213. The monoisotopic (exact) mass is 387 g/mol. The first-order chi connectivity index (χ1) is 13.5. The molecule has 8 heteroatoms. The van der Waals surface area contributed by atoms with Gasteiger partial charge < -0.3 is 24.2 Å². The lowest BCUT2D eigenvalue weighted by Crippen LogP contribution is -2.31. The van der Waals surface area contributed by atoms with Crippen LogP contribution in [0.4, 0.5) is 5.95 Å². The van der Waals surface area contributed by atoms with E-state index in [1.54, 1.807) is 0 Å². The second-order valence-corrected chi connectivity index (χ2v) is 6.62. The number of methoxy groups -OCH3 is 3. The van der Waals surface area contributed by atoms with E-state index in [2.05, 4.69) is 9.88 Å². The van der Waals surface area contributed by atoms with Gasteiger partial charge >= 0.3 is 5.97 Å². The van der Waals surface area contributed by atoms with E-state index < -0.39 is 5.97 Å². The number of benzene rings is 1. The first-order valence-electron chi connectivity index (χ1n) is 9.17. The van der Waals surface area contributed by atoms with Crippen LogP contribution >= 0.6 is 0 Å². The van der Waals surface area contributed by atoms with Crippen molar-refractivity contribution in [3.8, 4) is 28.5 Å². The van der Waals surface area contributed by atoms with Crippen molar-refractivity contribution in [1.29, 1.82) is 0 Å². The summed E-state index contributed by atoms with van der Waals surface area (Å²) in [7, 11) is 4.34. The van der Waals surface area contributed by atoms with E-state index in [9.17, 15) is 9.90 Å². The van der Waals surface area contributed by atoms with Crippen molar-refractivity contribution in [3.05, 3.63) is 23.4 Å². The third kappa shape index (κ3) is 3.67. The van der Waals surface area contributed by atoms with Crippen LogP contribution in [0.3, 0.4) is 0 Å². The van der Waals surface area contributed by atoms with Crippen LogP contribution in [0.5, 0.6) is 17.2 Å². The fraction of sp³-hybridized carbons (Fsp3) is 0.450. The molecule has 1 N–H and O–H groups in total. The van der Waals surface area contributed by atoms with Crippen molar-refractivity contribution < 1.29 is 24.1 Å². The molecule has 1 aromatic heterocycles. The van der Waals surface area contributed by atoms with Crippen molar-refractivity contribution in [1.82, 2.24) is 9.97 Å². The number of rotatable bonds is 6. The zero-order chi connectivity index (χ0) is 20.3. The van der Waals surface area contributed by atoms with E-state index in [-0.39, 0.29) is 17.1 Å². The van der Waals surface area contributed by atoms with Crippen LogP contribution < -0.4 is 19.1 Å². The summed E-state index contributed by atoms with van der Waals surface area (Å²) in [6.07, 6.45) is 3.42. The highest BCUT2D eigenvalue weighted by Gasteiger charge is 2.26. The van der Waals surface area contributed by atoms with Gasteiger partial charge in [-0.2, -0.15) is 0 Å². The average Bonchev–Trinajstić information content (AvgIpc) is 2.71. The van der Waals surface area contributed by atoms with Crippen LogP contribution in [0, 0.1) is 6.92 Å². The summed E-state index contributed by atoms with van der Waals surface area (Å²) in [5, 5.41) is 9.65. The molecule has 1 saturated heterocycles. The lowest BCUT2D eigenvalue weighted by molar-refractivity contribution is 0.0692. The van der Waals surface area contributed by atoms with E-state index >= 15 is 0 Å². The molecule has 0 unspecified atom stereocenters. The lowest BCUT2D eigenvalue weighted by Gasteiger charge is -2.27. The summed E-state index contributed by atoms with van der Waals surface area (Å²) >= 11 is 0. The van der Waals surface area contributed by atoms with Crippen LogP contribution in [-0.2, 0) is 0 Å². The van der Waals surface area contributed by atoms with E-state index in [4.69, 9.17) is 19.2 Å². The van der Waals surface area contributed by atoms with Crippen molar-refractivity contribution in [3.63, 3.8) is 0 Å². The zero-order valence-corrected chi connectivity index (χ0v) is 16.6. The van der Waals surface area contributed by atoms with Gasteiger partial charge in [0.1, 0.15) is 5.56 Å². The van der Waals surface area contributed by atoms with E-state index in [1.807, 2.05) is 13.0 Å². The molecule has 0 radical (unpaired) electrons. The van der Waals surface area contributed by atoms with Gasteiger partial charge in [0.05, 0.1) is 27.0 Å². The van der Waals surface area contributed by atoms with Gasteiger partial charge in [-0.3, -0.25) is 0 Å². The van der Waals surface area contributed by atoms with Gasteiger partial charge in [-0.05, 0) is 38.3 Å². The molecule has 150 valence electrons. The number of carboxylic acid groups (broad SMARTS) is 1. The molecule has 1 aliphatic heterocycles. The van der Waals surface area contributed by atoms with Gasteiger partial charge in [-0.15, -0.1) is 0 Å². The van der Waals surface area contributed by atoms with E-state index in [1.165, 1.54) is 33.8 Å². The quantitative estimate of drug-likeness (QED) is 0.808. The third-order valence-electron chi connectivity index (χ3n) is 4.79. The summed E-state index contributed by atoms with van der Waals surface area (Å²) in [6, 6.07) is 3.31. The van der Waals surface area contributed by atoms with Gasteiger partial charge in [0.2, 0.25) is 11.7 Å². The first kappa shape index (κ1) is 19.7. The fourth-order valence-corrected chi connectivity index (χ4v) is 3.49. The number of anilines is 1. The lowest BCUT2D eigenvalue weighted by atomic mass is 10.0. The van der Waals surface area contributed by atoms with Crippen LogP contribution in [0.25, 0.3) is 11.3 Å². The highest BCUT2D eigenvalue weighted by molar-refractivity contribution is 5.96. The maximum atomic E-state index is 11.8. The molecule has 0 amide bonds. The zero-order valence-electron chi connectivity index (χ0n) is 16.6. The summed E-state index contributed by atoms with van der Waals surface area (Å²) < 4.78 is 16.3. The predicted octanol–water partition coefficient (Wildman–Crippen LogP) is 3.17. The number of ether oxygens (including phenoxy) is 3. The number of piperidine rings is 1. The smallest absolute Gasteiger partial charge is 0.339 e. The molecule has 28 heavy (non-hydrogen) atoms. The molecule has 0 bridgehead atoms. The SMILES string of the molecule is COc1c(C(=O)O)cc(-c2cc(C)nc(N3CCCCC3)n2)c(OC)c1OC. The molecular formula is C20H25N3O5. The van der Waals surface area contributed by atoms with Crippen molar-refractivity contribution in [2.75, 3.05) is 39.3 Å². The number of aromatic carboxylic acids is 1. The molecule has 0 saturated carbocycles. The average molecular weight is 387 g/mol. The van der Waals surface area contributed by atoms with Crippen LogP contribution in [-0.4, -0.2) is 55.5 Å². The highest BCUT2D eigenvalue weighted by atomic mass is 16.5. The summed E-state index contributed by atoms with van der Waals surface area (Å²) in [5.41, 5.74) is 1.86. The molecule has 0 spiro atoms. The Labute approximate surface area is 164 Å². The van der Waals surface area contributed by atoms with Gasteiger partial charge in [0.25, 0.3) is 0 Å². The van der Waals surface area contributed by atoms with Crippen LogP contribution in [0.2, 0.25) is 0 Å². The van der Waals surface area contributed by atoms with Gasteiger partial charge in [-0.25, -0.2) is 14.8 Å². The topological polar surface area (TPSA) is 94.0 Å². The standard InChI is InChI=1S/C20H25N3O5/c1-12-10-15(22-20(21-12)23-8-6-5-7-9-23)13-11-14(19(24)25)17(27-3)18(28-4)16(13)26-2/h10-11H,5-9H2,1-4H3,(H,24,25). The van der Waals surface area contributed by atoms with Gasteiger partial charge in [0.15, 0.2) is 11.5 Å². The second-order valence-electron chi connectivity index (χ2n) is 6.62.